The van der Waals surface area contributed by atoms with Gasteiger partial charge in [-0.25, -0.2) is 15.4 Å². The standard InChI is InChI=1S/C11H20N4/c1-4-5-9(3)10(15-12)11-13-6-8(2)7-14-11/h6-7,9-10,15H,4-5,12H2,1-3H3. The summed E-state index contributed by atoms with van der Waals surface area (Å²) in [7, 11) is 0. The molecule has 0 saturated heterocycles. The Morgan fingerprint density at radius 3 is 2.47 bits per heavy atom. The first-order chi connectivity index (χ1) is 7.19. The lowest BCUT2D eigenvalue weighted by Crippen LogP contribution is -2.33. The number of aryl methyl sites for hydroxylation is 1. The Hall–Kier alpha value is -1.00. The second kappa shape index (κ2) is 5.78. The quantitative estimate of drug-likeness (QED) is 0.571. The van der Waals surface area contributed by atoms with E-state index >= 15 is 0 Å². The van der Waals surface area contributed by atoms with Crippen LogP contribution in [0.1, 0.15) is 44.1 Å². The molecule has 1 aromatic heterocycles. The van der Waals surface area contributed by atoms with Crippen LogP contribution in [-0.4, -0.2) is 9.97 Å². The molecule has 0 aromatic carbocycles. The van der Waals surface area contributed by atoms with E-state index in [9.17, 15) is 0 Å². The highest BCUT2D eigenvalue weighted by molar-refractivity contribution is 5.05. The fourth-order valence-corrected chi connectivity index (χ4v) is 1.68. The third kappa shape index (κ3) is 3.25. The Kier molecular flexibility index (Phi) is 4.65. The maximum absolute atomic E-state index is 5.54. The first-order valence-electron chi connectivity index (χ1n) is 5.43. The van der Waals surface area contributed by atoms with Gasteiger partial charge in [0.25, 0.3) is 0 Å². The van der Waals surface area contributed by atoms with Gasteiger partial charge in [0.2, 0.25) is 0 Å². The molecule has 1 rings (SSSR count). The van der Waals surface area contributed by atoms with Crippen molar-refractivity contribution >= 4 is 0 Å². The van der Waals surface area contributed by atoms with Crippen molar-refractivity contribution in [1.82, 2.24) is 15.4 Å². The molecule has 15 heavy (non-hydrogen) atoms. The predicted molar refractivity (Wildman–Crippen MR) is 60.9 cm³/mol. The van der Waals surface area contributed by atoms with Crippen LogP contribution in [0.25, 0.3) is 0 Å². The van der Waals surface area contributed by atoms with Crippen molar-refractivity contribution in [2.75, 3.05) is 0 Å². The van der Waals surface area contributed by atoms with Gasteiger partial charge in [0.05, 0.1) is 6.04 Å². The highest BCUT2D eigenvalue weighted by Gasteiger charge is 2.19. The molecule has 84 valence electrons. The van der Waals surface area contributed by atoms with Crippen LogP contribution in [0.2, 0.25) is 0 Å². The summed E-state index contributed by atoms with van der Waals surface area (Å²) in [6.07, 6.45) is 5.91. The number of hydrogen-bond donors (Lipinski definition) is 2. The molecule has 0 radical (unpaired) electrons. The van der Waals surface area contributed by atoms with Crippen LogP contribution in [0.15, 0.2) is 12.4 Å². The smallest absolute Gasteiger partial charge is 0.146 e. The fourth-order valence-electron chi connectivity index (χ4n) is 1.68. The van der Waals surface area contributed by atoms with Gasteiger partial charge in [-0.05, 0) is 24.8 Å². The van der Waals surface area contributed by atoms with E-state index in [1.54, 1.807) is 0 Å². The number of rotatable bonds is 5. The number of nitrogens with zero attached hydrogens (tertiary/aromatic N) is 2. The van der Waals surface area contributed by atoms with E-state index < -0.39 is 0 Å². The van der Waals surface area contributed by atoms with Crippen LogP contribution in [0, 0.1) is 12.8 Å². The number of aromatic nitrogens is 2. The van der Waals surface area contributed by atoms with E-state index in [1.165, 1.54) is 0 Å². The molecule has 1 heterocycles. The van der Waals surface area contributed by atoms with Crippen molar-refractivity contribution in [3.8, 4) is 0 Å². The molecule has 0 bridgehead atoms. The minimum atomic E-state index is 0.0468. The van der Waals surface area contributed by atoms with Gasteiger partial charge in [-0.1, -0.05) is 20.3 Å². The zero-order valence-corrected chi connectivity index (χ0v) is 9.70. The van der Waals surface area contributed by atoms with Gasteiger partial charge in [-0.3, -0.25) is 5.84 Å². The lowest BCUT2D eigenvalue weighted by atomic mass is 9.97. The van der Waals surface area contributed by atoms with Crippen LogP contribution < -0.4 is 11.3 Å². The van der Waals surface area contributed by atoms with Crippen molar-refractivity contribution < 1.29 is 0 Å². The number of hydrogen-bond acceptors (Lipinski definition) is 4. The maximum Gasteiger partial charge on any atom is 0.146 e. The summed E-state index contributed by atoms with van der Waals surface area (Å²) < 4.78 is 0. The Balaban J connectivity index is 2.77. The van der Waals surface area contributed by atoms with Crippen molar-refractivity contribution in [1.29, 1.82) is 0 Å². The molecule has 3 N–H and O–H groups in total. The van der Waals surface area contributed by atoms with Crippen molar-refractivity contribution in [3.05, 3.63) is 23.8 Å². The second-order valence-electron chi connectivity index (χ2n) is 4.03. The summed E-state index contributed by atoms with van der Waals surface area (Å²) in [4.78, 5) is 8.60. The summed E-state index contributed by atoms with van der Waals surface area (Å²) in [5, 5.41) is 0. The van der Waals surface area contributed by atoms with Gasteiger partial charge in [-0.2, -0.15) is 0 Å². The molecule has 4 heteroatoms. The number of hydrazine groups is 1. The number of nitrogens with two attached hydrogens (primary N) is 1. The molecule has 0 spiro atoms. The Labute approximate surface area is 91.3 Å². The summed E-state index contributed by atoms with van der Waals surface area (Å²) in [5.41, 5.74) is 3.86. The van der Waals surface area contributed by atoms with Gasteiger partial charge in [0.15, 0.2) is 0 Å². The normalized spacial score (nSPS) is 14.9. The molecule has 0 fully saturated rings. The Morgan fingerprint density at radius 2 is 2.00 bits per heavy atom. The van der Waals surface area contributed by atoms with Gasteiger partial charge >= 0.3 is 0 Å². The van der Waals surface area contributed by atoms with Gasteiger partial charge in [0.1, 0.15) is 5.82 Å². The average molecular weight is 208 g/mol. The molecule has 2 unspecified atom stereocenters. The van der Waals surface area contributed by atoms with Crippen LogP contribution in [0.5, 0.6) is 0 Å². The van der Waals surface area contributed by atoms with Crippen LogP contribution in [0.4, 0.5) is 0 Å². The van der Waals surface area contributed by atoms with Crippen LogP contribution in [0.3, 0.4) is 0 Å². The summed E-state index contributed by atoms with van der Waals surface area (Å²) in [6, 6.07) is 0.0468. The first-order valence-corrected chi connectivity index (χ1v) is 5.43. The monoisotopic (exact) mass is 208 g/mol. The molecule has 0 amide bonds. The van der Waals surface area contributed by atoms with Crippen molar-refractivity contribution in [2.24, 2.45) is 11.8 Å². The minimum absolute atomic E-state index is 0.0468. The minimum Gasteiger partial charge on any atom is -0.271 e. The molecule has 0 aliphatic heterocycles. The highest BCUT2D eigenvalue weighted by Crippen LogP contribution is 2.21. The Bertz CT molecular complexity index is 283. The topological polar surface area (TPSA) is 63.8 Å². The molecule has 0 aliphatic rings. The lowest BCUT2D eigenvalue weighted by molar-refractivity contribution is 0.353. The summed E-state index contributed by atoms with van der Waals surface area (Å²) in [6.45, 7) is 6.31. The Morgan fingerprint density at radius 1 is 1.40 bits per heavy atom. The van der Waals surface area contributed by atoms with Crippen LogP contribution in [-0.2, 0) is 0 Å². The summed E-state index contributed by atoms with van der Waals surface area (Å²) >= 11 is 0. The van der Waals surface area contributed by atoms with E-state index in [2.05, 4.69) is 29.2 Å². The van der Waals surface area contributed by atoms with Gasteiger partial charge < -0.3 is 0 Å². The predicted octanol–water partition coefficient (Wildman–Crippen LogP) is 1.73. The third-order valence-corrected chi connectivity index (χ3v) is 2.57. The second-order valence-corrected chi connectivity index (χ2v) is 4.03. The van der Waals surface area contributed by atoms with E-state index in [4.69, 9.17) is 5.84 Å². The largest absolute Gasteiger partial charge is 0.271 e. The molecule has 0 aliphatic carbocycles. The molecule has 4 nitrogen and oxygen atoms in total. The highest BCUT2D eigenvalue weighted by atomic mass is 15.2. The van der Waals surface area contributed by atoms with Crippen molar-refractivity contribution in [3.63, 3.8) is 0 Å². The van der Waals surface area contributed by atoms with E-state index in [1.807, 2.05) is 19.3 Å². The lowest BCUT2D eigenvalue weighted by Gasteiger charge is -2.21. The third-order valence-electron chi connectivity index (χ3n) is 2.57. The summed E-state index contributed by atoms with van der Waals surface area (Å²) in [5.74, 6) is 6.77. The maximum atomic E-state index is 5.54. The zero-order valence-electron chi connectivity index (χ0n) is 9.70. The van der Waals surface area contributed by atoms with E-state index in [-0.39, 0.29) is 6.04 Å². The van der Waals surface area contributed by atoms with Crippen molar-refractivity contribution in [2.45, 2.75) is 39.7 Å². The number of nitrogens with one attached hydrogen (secondary N) is 1. The van der Waals surface area contributed by atoms with E-state index in [0.29, 0.717) is 5.92 Å². The molecule has 2 atom stereocenters. The van der Waals surface area contributed by atoms with Crippen LogP contribution >= 0.6 is 0 Å². The molecule has 1 aromatic rings. The molecular weight excluding hydrogens is 188 g/mol. The van der Waals surface area contributed by atoms with Gasteiger partial charge in [0, 0.05) is 12.4 Å². The zero-order chi connectivity index (χ0) is 11.3. The SMILES string of the molecule is CCCC(C)C(NN)c1ncc(C)cn1. The first kappa shape index (κ1) is 12.1. The van der Waals surface area contributed by atoms with Gasteiger partial charge in [-0.15, -0.1) is 0 Å². The molecular formula is C11H20N4. The molecule has 0 saturated carbocycles. The average Bonchev–Trinajstić information content (AvgIpc) is 2.22. The fraction of sp³-hybridized carbons (Fsp3) is 0.636. The van der Waals surface area contributed by atoms with E-state index in [0.717, 1.165) is 24.2 Å².